The Morgan fingerprint density at radius 1 is 1.47 bits per heavy atom. The van der Waals surface area contributed by atoms with Gasteiger partial charge in [-0.15, -0.1) is 0 Å². The Balaban J connectivity index is 2.40. The summed E-state index contributed by atoms with van der Waals surface area (Å²) in [5.74, 6) is 0.472. The number of rotatable bonds is 3. The Morgan fingerprint density at radius 3 is 2.82 bits per heavy atom. The van der Waals surface area contributed by atoms with Crippen molar-refractivity contribution in [3.05, 3.63) is 40.3 Å². The van der Waals surface area contributed by atoms with E-state index in [4.69, 9.17) is 4.74 Å². The first-order valence-corrected chi connectivity index (χ1v) is 5.79. The van der Waals surface area contributed by atoms with Gasteiger partial charge >= 0.3 is 0 Å². The van der Waals surface area contributed by atoms with Crippen LogP contribution >= 0.6 is 15.9 Å². The van der Waals surface area contributed by atoms with Crippen molar-refractivity contribution >= 4 is 15.9 Å². The minimum Gasteiger partial charge on any atom is -0.481 e. The molecule has 2 heterocycles. The van der Waals surface area contributed by atoms with Gasteiger partial charge in [0, 0.05) is 13.1 Å². The molecule has 0 saturated carbocycles. The molecule has 2 aromatic heterocycles. The summed E-state index contributed by atoms with van der Waals surface area (Å²) in [4.78, 5) is 4.20. The highest BCUT2D eigenvalue weighted by molar-refractivity contribution is 9.10. The second-order valence-electron chi connectivity index (χ2n) is 3.51. The largest absolute Gasteiger partial charge is 0.481 e. The van der Waals surface area contributed by atoms with E-state index in [-0.39, 0.29) is 0 Å². The summed E-state index contributed by atoms with van der Waals surface area (Å²) in [6.07, 6.45) is 0.797. The number of pyridine rings is 1. The Morgan fingerprint density at radius 2 is 2.24 bits per heavy atom. The van der Waals surface area contributed by atoms with Crippen LogP contribution in [0.1, 0.15) is 17.5 Å². The standard InChI is InChI=1S/C11H12BrN3O2/c1-15-10(7(12)6-13-15)11(16)8-4-3-5-9(14-8)17-2/h3-6,11,16H,1-2H3. The van der Waals surface area contributed by atoms with Crippen molar-refractivity contribution in [3.63, 3.8) is 0 Å². The fourth-order valence-electron chi connectivity index (χ4n) is 1.56. The molecule has 0 spiro atoms. The molecule has 90 valence electrons. The maximum atomic E-state index is 10.3. The number of methoxy groups -OCH3 is 1. The first-order chi connectivity index (χ1) is 8.13. The SMILES string of the molecule is COc1cccc(C(O)c2c(Br)cnn2C)n1. The van der Waals surface area contributed by atoms with Crippen molar-refractivity contribution in [2.24, 2.45) is 7.05 Å². The van der Waals surface area contributed by atoms with Gasteiger partial charge in [0.15, 0.2) is 0 Å². The molecule has 0 aliphatic rings. The lowest BCUT2D eigenvalue weighted by atomic mass is 10.1. The Hall–Kier alpha value is -1.40. The van der Waals surface area contributed by atoms with Gasteiger partial charge in [0.25, 0.3) is 0 Å². The third-order valence-corrected chi connectivity index (χ3v) is 3.04. The predicted molar refractivity (Wildman–Crippen MR) is 65.8 cm³/mol. The molecule has 1 unspecified atom stereocenters. The summed E-state index contributed by atoms with van der Waals surface area (Å²) in [5.41, 5.74) is 1.18. The molecular formula is C11H12BrN3O2. The second-order valence-corrected chi connectivity index (χ2v) is 4.36. The first kappa shape index (κ1) is 12.1. The molecular weight excluding hydrogens is 286 g/mol. The summed E-state index contributed by atoms with van der Waals surface area (Å²) in [7, 11) is 3.31. The zero-order chi connectivity index (χ0) is 12.4. The van der Waals surface area contributed by atoms with E-state index in [1.54, 1.807) is 43.2 Å². The summed E-state index contributed by atoms with van der Waals surface area (Å²) < 4.78 is 7.38. The lowest BCUT2D eigenvalue weighted by Crippen LogP contribution is -2.09. The molecule has 2 rings (SSSR count). The van der Waals surface area contributed by atoms with E-state index in [1.807, 2.05) is 0 Å². The van der Waals surface area contributed by atoms with Gasteiger partial charge in [-0.1, -0.05) is 6.07 Å². The molecule has 6 heteroatoms. The van der Waals surface area contributed by atoms with E-state index in [0.29, 0.717) is 17.3 Å². The number of aromatic nitrogens is 3. The number of hydrogen-bond acceptors (Lipinski definition) is 4. The van der Waals surface area contributed by atoms with Crippen LogP contribution in [0.25, 0.3) is 0 Å². The average molecular weight is 298 g/mol. The fraction of sp³-hybridized carbons (Fsp3) is 0.273. The van der Waals surface area contributed by atoms with Crippen molar-refractivity contribution < 1.29 is 9.84 Å². The van der Waals surface area contributed by atoms with E-state index < -0.39 is 6.10 Å². The van der Waals surface area contributed by atoms with Gasteiger partial charge in [-0.2, -0.15) is 5.10 Å². The van der Waals surface area contributed by atoms with Crippen LogP contribution in [-0.2, 0) is 7.05 Å². The fourth-order valence-corrected chi connectivity index (χ4v) is 2.13. The lowest BCUT2D eigenvalue weighted by Gasteiger charge is -2.12. The smallest absolute Gasteiger partial charge is 0.213 e. The Kier molecular flexibility index (Phi) is 3.44. The predicted octanol–water partition coefficient (Wildman–Crippen LogP) is 1.67. The third-order valence-electron chi connectivity index (χ3n) is 2.43. The Bertz CT molecular complexity index is 508. The highest BCUT2D eigenvalue weighted by atomic mass is 79.9. The minimum absolute atomic E-state index is 0.472. The molecule has 1 N–H and O–H groups in total. The summed E-state index contributed by atoms with van der Waals surface area (Å²) in [5, 5.41) is 14.3. The normalized spacial score (nSPS) is 12.5. The van der Waals surface area contributed by atoms with Crippen molar-refractivity contribution in [2.45, 2.75) is 6.10 Å². The van der Waals surface area contributed by atoms with Crippen LogP contribution in [-0.4, -0.2) is 27.0 Å². The quantitative estimate of drug-likeness (QED) is 0.936. The van der Waals surface area contributed by atoms with Gasteiger partial charge in [0.2, 0.25) is 5.88 Å². The van der Waals surface area contributed by atoms with Crippen LogP contribution < -0.4 is 4.74 Å². The highest BCUT2D eigenvalue weighted by Gasteiger charge is 2.19. The van der Waals surface area contributed by atoms with Crippen molar-refractivity contribution in [3.8, 4) is 5.88 Å². The first-order valence-electron chi connectivity index (χ1n) is 5.00. The van der Waals surface area contributed by atoms with E-state index in [1.165, 1.54) is 0 Å². The van der Waals surface area contributed by atoms with Crippen molar-refractivity contribution in [1.82, 2.24) is 14.8 Å². The Labute approximate surface area is 107 Å². The van der Waals surface area contributed by atoms with Crippen LogP contribution in [0.2, 0.25) is 0 Å². The molecule has 0 aromatic carbocycles. The monoisotopic (exact) mass is 297 g/mol. The van der Waals surface area contributed by atoms with E-state index in [9.17, 15) is 5.11 Å². The molecule has 0 amide bonds. The summed E-state index contributed by atoms with van der Waals surface area (Å²) >= 11 is 3.35. The van der Waals surface area contributed by atoms with Gasteiger partial charge in [0.05, 0.1) is 29.2 Å². The van der Waals surface area contributed by atoms with Gasteiger partial charge in [-0.3, -0.25) is 4.68 Å². The molecule has 0 radical (unpaired) electrons. The van der Waals surface area contributed by atoms with Gasteiger partial charge in [-0.25, -0.2) is 4.98 Å². The van der Waals surface area contributed by atoms with E-state index in [0.717, 1.165) is 4.47 Å². The highest BCUT2D eigenvalue weighted by Crippen LogP contribution is 2.27. The van der Waals surface area contributed by atoms with Crippen LogP contribution in [0, 0.1) is 0 Å². The molecule has 1 atom stereocenters. The van der Waals surface area contributed by atoms with E-state index in [2.05, 4.69) is 26.0 Å². The van der Waals surface area contributed by atoms with Gasteiger partial charge in [0.1, 0.15) is 6.10 Å². The van der Waals surface area contributed by atoms with Crippen LogP contribution in [0.15, 0.2) is 28.9 Å². The molecule has 0 bridgehead atoms. The average Bonchev–Trinajstić information content (AvgIpc) is 2.68. The number of hydrogen-bond donors (Lipinski definition) is 1. The topological polar surface area (TPSA) is 60.2 Å². The zero-order valence-electron chi connectivity index (χ0n) is 9.46. The molecule has 0 aliphatic carbocycles. The zero-order valence-corrected chi connectivity index (χ0v) is 11.0. The molecule has 17 heavy (non-hydrogen) atoms. The van der Waals surface area contributed by atoms with Crippen LogP contribution in [0.3, 0.4) is 0 Å². The molecule has 2 aromatic rings. The van der Waals surface area contributed by atoms with Crippen LogP contribution in [0.5, 0.6) is 5.88 Å². The number of aliphatic hydroxyl groups excluding tert-OH is 1. The maximum absolute atomic E-state index is 10.3. The lowest BCUT2D eigenvalue weighted by molar-refractivity contribution is 0.202. The molecule has 0 fully saturated rings. The number of nitrogens with zero attached hydrogens (tertiary/aromatic N) is 3. The number of aryl methyl sites for hydroxylation is 1. The molecule has 0 saturated heterocycles. The van der Waals surface area contributed by atoms with Gasteiger partial charge in [-0.05, 0) is 22.0 Å². The van der Waals surface area contributed by atoms with E-state index >= 15 is 0 Å². The minimum atomic E-state index is -0.841. The number of halogens is 1. The molecule has 5 nitrogen and oxygen atoms in total. The van der Waals surface area contributed by atoms with Crippen LogP contribution in [0.4, 0.5) is 0 Å². The summed E-state index contributed by atoms with van der Waals surface area (Å²) in [6.45, 7) is 0. The third kappa shape index (κ3) is 2.32. The maximum Gasteiger partial charge on any atom is 0.213 e. The number of aliphatic hydroxyl groups is 1. The van der Waals surface area contributed by atoms with Gasteiger partial charge < -0.3 is 9.84 Å². The van der Waals surface area contributed by atoms with Crippen molar-refractivity contribution in [2.75, 3.05) is 7.11 Å². The van der Waals surface area contributed by atoms with Crippen molar-refractivity contribution in [1.29, 1.82) is 0 Å². The summed E-state index contributed by atoms with van der Waals surface area (Å²) in [6, 6.07) is 5.26. The number of ether oxygens (including phenoxy) is 1. The second kappa shape index (κ2) is 4.85. The molecule has 0 aliphatic heterocycles.